The second kappa shape index (κ2) is 7.85. The molecule has 2 aromatic carbocycles. The van der Waals surface area contributed by atoms with Crippen molar-refractivity contribution in [2.45, 2.75) is 19.4 Å². The van der Waals surface area contributed by atoms with Gasteiger partial charge in [-0.15, -0.1) is 0 Å². The van der Waals surface area contributed by atoms with Gasteiger partial charge in [0.1, 0.15) is 5.65 Å². The molecule has 1 aliphatic rings. The van der Waals surface area contributed by atoms with E-state index in [2.05, 4.69) is 27.9 Å². The molecule has 1 aliphatic heterocycles. The molecule has 0 spiro atoms. The summed E-state index contributed by atoms with van der Waals surface area (Å²) in [5.41, 5.74) is 5.86. The van der Waals surface area contributed by atoms with Gasteiger partial charge in [-0.1, -0.05) is 30.3 Å². The molecule has 156 valence electrons. The minimum atomic E-state index is -0.158. The molecule has 0 fully saturated rings. The van der Waals surface area contributed by atoms with Crippen molar-refractivity contribution in [2.24, 2.45) is 0 Å². The molecule has 4 aromatic rings. The van der Waals surface area contributed by atoms with E-state index in [9.17, 15) is 9.59 Å². The number of nitrogens with zero attached hydrogens (tertiary/aromatic N) is 3. The Morgan fingerprint density at radius 3 is 2.65 bits per heavy atom. The maximum Gasteiger partial charge on any atom is 0.261 e. The molecule has 2 aromatic heterocycles. The molecule has 0 atom stereocenters. The molecule has 7 nitrogen and oxygen atoms in total. The van der Waals surface area contributed by atoms with Crippen molar-refractivity contribution in [1.29, 1.82) is 0 Å². The number of fused-ring (bicyclic) bond motifs is 3. The lowest BCUT2D eigenvalue weighted by Crippen LogP contribution is -2.35. The van der Waals surface area contributed by atoms with Crippen LogP contribution < -0.4 is 16.2 Å². The summed E-state index contributed by atoms with van der Waals surface area (Å²) in [6.07, 6.45) is 3.19. The predicted octanol–water partition coefficient (Wildman–Crippen LogP) is 2.08. The summed E-state index contributed by atoms with van der Waals surface area (Å²) in [4.78, 5) is 25.6. The number of carbonyl (C=O) groups is 1. The van der Waals surface area contributed by atoms with Gasteiger partial charge in [-0.2, -0.15) is 5.10 Å². The fourth-order valence-electron chi connectivity index (χ4n) is 4.23. The smallest absolute Gasteiger partial charge is 0.261 e. The van der Waals surface area contributed by atoms with Gasteiger partial charge in [0.2, 0.25) is 0 Å². The van der Waals surface area contributed by atoms with Crippen LogP contribution in [0.1, 0.15) is 32.7 Å². The minimum Gasteiger partial charge on any atom is -0.355 e. The molecule has 0 radical (unpaired) electrons. The number of amides is 1. The van der Waals surface area contributed by atoms with Crippen LogP contribution in [-0.2, 0) is 19.4 Å². The Bertz CT molecular complexity index is 1320. The molecule has 0 saturated carbocycles. The van der Waals surface area contributed by atoms with Crippen LogP contribution in [0.5, 0.6) is 0 Å². The van der Waals surface area contributed by atoms with Crippen LogP contribution in [0.2, 0.25) is 0 Å². The number of hydrogen-bond donors (Lipinski definition) is 2. The lowest BCUT2D eigenvalue weighted by molar-refractivity contribution is 0.0963. The first kappa shape index (κ1) is 19.3. The van der Waals surface area contributed by atoms with Gasteiger partial charge in [-0.05, 0) is 42.8 Å². The second-order valence-electron chi connectivity index (χ2n) is 7.69. The van der Waals surface area contributed by atoms with Crippen LogP contribution in [-0.4, -0.2) is 33.7 Å². The SMILES string of the molecule is CNC(=O)c1ccc(-n2c(=O)c3c(n4ncc(Cc5ccccc5)c24)CNCC3)cc1. The quantitative estimate of drug-likeness (QED) is 0.537. The van der Waals surface area contributed by atoms with Crippen LogP contribution in [0.4, 0.5) is 0 Å². The first-order chi connectivity index (χ1) is 15.2. The van der Waals surface area contributed by atoms with Crippen molar-refractivity contribution in [2.75, 3.05) is 13.6 Å². The largest absolute Gasteiger partial charge is 0.355 e. The number of rotatable bonds is 4. The highest BCUT2D eigenvalue weighted by Crippen LogP contribution is 2.22. The number of carbonyl (C=O) groups excluding carboxylic acids is 1. The van der Waals surface area contributed by atoms with E-state index in [4.69, 9.17) is 0 Å². The van der Waals surface area contributed by atoms with Crippen molar-refractivity contribution in [1.82, 2.24) is 24.8 Å². The third-order valence-electron chi connectivity index (χ3n) is 5.79. The summed E-state index contributed by atoms with van der Waals surface area (Å²) in [7, 11) is 1.60. The van der Waals surface area contributed by atoms with E-state index < -0.39 is 0 Å². The Balaban J connectivity index is 1.74. The standard InChI is InChI=1S/C24H23N5O2/c1-25-22(30)17-7-9-19(10-8-17)28-23-18(13-16-5-3-2-4-6-16)14-27-29(23)21-15-26-12-11-20(21)24(28)31/h2-10,14,26H,11-13,15H2,1H3,(H,25,30). The predicted molar refractivity (Wildman–Crippen MR) is 119 cm³/mol. The van der Waals surface area contributed by atoms with Crippen molar-refractivity contribution >= 4 is 11.6 Å². The molecule has 1 amide bonds. The van der Waals surface area contributed by atoms with Gasteiger partial charge in [0.25, 0.3) is 11.5 Å². The van der Waals surface area contributed by atoms with Gasteiger partial charge in [-0.3, -0.25) is 14.2 Å². The monoisotopic (exact) mass is 413 g/mol. The molecule has 3 heterocycles. The summed E-state index contributed by atoms with van der Waals surface area (Å²) in [6.45, 7) is 1.38. The van der Waals surface area contributed by atoms with E-state index in [0.29, 0.717) is 24.9 Å². The summed E-state index contributed by atoms with van der Waals surface area (Å²) in [6, 6.07) is 17.3. The van der Waals surface area contributed by atoms with E-state index in [1.54, 1.807) is 23.7 Å². The van der Waals surface area contributed by atoms with Gasteiger partial charge in [-0.25, -0.2) is 4.52 Å². The number of benzene rings is 2. The highest BCUT2D eigenvalue weighted by Gasteiger charge is 2.23. The van der Waals surface area contributed by atoms with Crippen molar-refractivity contribution in [3.8, 4) is 5.69 Å². The number of aromatic nitrogens is 3. The average Bonchev–Trinajstić information content (AvgIpc) is 3.23. The maximum atomic E-state index is 13.6. The third kappa shape index (κ3) is 3.33. The molecule has 5 rings (SSSR count). The molecule has 2 N–H and O–H groups in total. The van der Waals surface area contributed by atoms with E-state index in [1.165, 1.54) is 0 Å². The summed E-state index contributed by atoms with van der Waals surface area (Å²) in [5.74, 6) is -0.158. The molecule has 0 unspecified atom stereocenters. The summed E-state index contributed by atoms with van der Waals surface area (Å²) in [5, 5.41) is 10.6. The van der Waals surface area contributed by atoms with Crippen LogP contribution in [0.15, 0.2) is 65.6 Å². The zero-order chi connectivity index (χ0) is 21.4. The lowest BCUT2D eigenvalue weighted by atomic mass is 10.1. The Morgan fingerprint density at radius 1 is 1.13 bits per heavy atom. The normalized spacial score (nSPS) is 13.2. The molecule has 0 saturated heterocycles. The highest BCUT2D eigenvalue weighted by molar-refractivity contribution is 5.94. The van der Waals surface area contributed by atoms with E-state index in [-0.39, 0.29) is 11.5 Å². The van der Waals surface area contributed by atoms with Crippen LogP contribution in [0, 0.1) is 0 Å². The fourth-order valence-corrected chi connectivity index (χ4v) is 4.23. The zero-order valence-electron chi connectivity index (χ0n) is 17.3. The van der Waals surface area contributed by atoms with E-state index >= 15 is 0 Å². The van der Waals surface area contributed by atoms with Crippen LogP contribution in [0.25, 0.3) is 11.3 Å². The third-order valence-corrected chi connectivity index (χ3v) is 5.79. The van der Waals surface area contributed by atoms with Gasteiger partial charge in [0, 0.05) is 36.7 Å². The number of nitrogens with one attached hydrogen (secondary N) is 2. The van der Waals surface area contributed by atoms with Crippen LogP contribution >= 0.6 is 0 Å². The van der Waals surface area contributed by atoms with Crippen molar-refractivity contribution in [3.05, 3.63) is 99.1 Å². The number of hydrogen-bond acceptors (Lipinski definition) is 4. The Labute approximate surface area is 179 Å². The molecular formula is C24H23N5O2. The highest BCUT2D eigenvalue weighted by atomic mass is 16.1. The molecular weight excluding hydrogens is 390 g/mol. The van der Waals surface area contributed by atoms with E-state index in [0.717, 1.165) is 40.3 Å². The van der Waals surface area contributed by atoms with Crippen molar-refractivity contribution in [3.63, 3.8) is 0 Å². The molecule has 7 heteroatoms. The Morgan fingerprint density at radius 2 is 1.90 bits per heavy atom. The fraction of sp³-hybridized carbons (Fsp3) is 0.208. The lowest BCUT2D eigenvalue weighted by Gasteiger charge is -2.21. The average molecular weight is 413 g/mol. The molecule has 31 heavy (non-hydrogen) atoms. The summed E-state index contributed by atoms with van der Waals surface area (Å²) >= 11 is 0. The first-order valence-corrected chi connectivity index (χ1v) is 10.4. The first-order valence-electron chi connectivity index (χ1n) is 10.4. The van der Waals surface area contributed by atoms with Crippen molar-refractivity contribution < 1.29 is 4.79 Å². The van der Waals surface area contributed by atoms with Gasteiger partial charge in [0.05, 0.1) is 17.6 Å². The zero-order valence-corrected chi connectivity index (χ0v) is 17.3. The van der Waals surface area contributed by atoms with Gasteiger partial charge in [0.15, 0.2) is 0 Å². The molecule has 0 bridgehead atoms. The Kier molecular flexibility index (Phi) is 4.88. The minimum absolute atomic E-state index is 0.0218. The van der Waals surface area contributed by atoms with Gasteiger partial charge < -0.3 is 10.6 Å². The summed E-state index contributed by atoms with van der Waals surface area (Å²) < 4.78 is 3.64. The maximum absolute atomic E-state index is 13.6. The Hall–Kier alpha value is -3.71. The topological polar surface area (TPSA) is 80.4 Å². The van der Waals surface area contributed by atoms with Gasteiger partial charge >= 0.3 is 0 Å². The second-order valence-corrected chi connectivity index (χ2v) is 7.69. The van der Waals surface area contributed by atoms with Crippen LogP contribution in [0.3, 0.4) is 0 Å². The molecule has 0 aliphatic carbocycles. The van der Waals surface area contributed by atoms with E-state index in [1.807, 2.05) is 41.0 Å².